The van der Waals surface area contributed by atoms with Crippen molar-refractivity contribution in [1.29, 1.82) is 0 Å². The van der Waals surface area contributed by atoms with Gasteiger partial charge in [0, 0.05) is 19.2 Å². The topological polar surface area (TPSA) is 83.6 Å². The Hall–Kier alpha value is -1.88. The second-order valence-electron chi connectivity index (χ2n) is 4.12. The molecule has 2 rings (SSSR count). The first-order valence-electron chi connectivity index (χ1n) is 5.40. The standard InChI is InChI=1S/C12H14N2O3/c1-7(15)14-5-4-8-6-9(2-3-10(8)14)11(13)12(16)17/h2-3,6,11H,4-5,13H2,1H3,(H,16,17). The van der Waals surface area contributed by atoms with Gasteiger partial charge in [-0.15, -0.1) is 0 Å². The molecule has 1 aromatic rings. The number of nitrogens with zero attached hydrogens (tertiary/aromatic N) is 1. The van der Waals surface area contributed by atoms with Crippen molar-refractivity contribution in [2.45, 2.75) is 19.4 Å². The Kier molecular flexibility index (Phi) is 2.85. The molecule has 0 radical (unpaired) electrons. The van der Waals surface area contributed by atoms with E-state index in [0.29, 0.717) is 12.1 Å². The molecule has 1 aliphatic rings. The van der Waals surface area contributed by atoms with E-state index in [4.69, 9.17) is 10.8 Å². The molecule has 17 heavy (non-hydrogen) atoms. The maximum atomic E-state index is 11.3. The summed E-state index contributed by atoms with van der Waals surface area (Å²) in [5.74, 6) is -1.05. The third kappa shape index (κ3) is 2.01. The van der Waals surface area contributed by atoms with E-state index in [-0.39, 0.29) is 5.91 Å². The fourth-order valence-corrected chi connectivity index (χ4v) is 2.08. The number of benzene rings is 1. The van der Waals surface area contributed by atoms with Crippen molar-refractivity contribution in [3.63, 3.8) is 0 Å². The van der Waals surface area contributed by atoms with Crippen molar-refractivity contribution < 1.29 is 14.7 Å². The second kappa shape index (κ2) is 4.18. The summed E-state index contributed by atoms with van der Waals surface area (Å²) in [4.78, 5) is 23.8. The molecule has 1 aromatic carbocycles. The van der Waals surface area contributed by atoms with Gasteiger partial charge in [-0.05, 0) is 23.6 Å². The van der Waals surface area contributed by atoms with Gasteiger partial charge in [0.1, 0.15) is 6.04 Å². The number of anilines is 1. The van der Waals surface area contributed by atoms with Gasteiger partial charge in [-0.2, -0.15) is 0 Å². The van der Waals surface area contributed by atoms with Crippen LogP contribution in [-0.4, -0.2) is 23.5 Å². The zero-order chi connectivity index (χ0) is 12.6. The third-order valence-electron chi connectivity index (χ3n) is 3.00. The molecule has 1 amide bonds. The van der Waals surface area contributed by atoms with Crippen LogP contribution in [-0.2, 0) is 16.0 Å². The molecule has 0 saturated heterocycles. The Morgan fingerprint density at radius 3 is 2.76 bits per heavy atom. The highest BCUT2D eigenvalue weighted by Gasteiger charge is 2.24. The minimum atomic E-state index is -1.05. The van der Waals surface area contributed by atoms with E-state index in [0.717, 1.165) is 17.7 Å². The summed E-state index contributed by atoms with van der Waals surface area (Å²) in [7, 11) is 0. The van der Waals surface area contributed by atoms with Crippen molar-refractivity contribution in [3.05, 3.63) is 29.3 Å². The Balaban J connectivity index is 2.34. The van der Waals surface area contributed by atoms with Crippen LogP contribution in [0, 0.1) is 0 Å². The third-order valence-corrected chi connectivity index (χ3v) is 3.00. The molecule has 5 heteroatoms. The number of carbonyl (C=O) groups excluding carboxylic acids is 1. The van der Waals surface area contributed by atoms with E-state index in [1.54, 1.807) is 23.1 Å². The maximum absolute atomic E-state index is 11.3. The average Bonchev–Trinajstić information content (AvgIpc) is 2.70. The van der Waals surface area contributed by atoms with Crippen LogP contribution in [0.4, 0.5) is 5.69 Å². The highest BCUT2D eigenvalue weighted by Crippen LogP contribution is 2.30. The molecule has 0 saturated carbocycles. The van der Waals surface area contributed by atoms with Gasteiger partial charge in [-0.3, -0.25) is 9.59 Å². The lowest BCUT2D eigenvalue weighted by atomic mass is 10.0. The molecule has 0 bridgehead atoms. The predicted octanol–water partition coefficient (Wildman–Crippen LogP) is 0.680. The van der Waals surface area contributed by atoms with Gasteiger partial charge in [0.15, 0.2) is 0 Å². The second-order valence-corrected chi connectivity index (χ2v) is 4.12. The summed E-state index contributed by atoms with van der Waals surface area (Å²) in [6.45, 7) is 2.17. The monoisotopic (exact) mass is 234 g/mol. The number of fused-ring (bicyclic) bond motifs is 1. The zero-order valence-corrected chi connectivity index (χ0v) is 9.51. The fraction of sp³-hybridized carbons (Fsp3) is 0.333. The van der Waals surface area contributed by atoms with E-state index in [1.165, 1.54) is 6.92 Å². The Labute approximate surface area is 98.8 Å². The van der Waals surface area contributed by atoms with Crippen LogP contribution >= 0.6 is 0 Å². The van der Waals surface area contributed by atoms with Gasteiger partial charge in [0.2, 0.25) is 5.91 Å². The van der Waals surface area contributed by atoms with Crippen molar-refractivity contribution in [2.24, 2.45) is 5.73 Å². The molecule has 0 spiro atoms. The molecule has 0 aliphatic carbocycles. The van der Waals surface area contributed by atoms with Crippen LogP contribution in [0.15, 0.2) is 18.2 Å². The first kappa shape index (κ1) is 11.6. The van der Waals surface area contributed by atoms with Crippen LogP contribution in [0.5, 0.6) is 0 Å². The van der Waals surface area contributed by atoms with Gasteiger partial charge in [-0.25, -0.2) is 0 Å². The summed E-state index contributed by atoms with van der Waals surface area (Å²) in [5, 5.41) is 8.83. The van der Waals surface area contributed by atoms with Gasteiger partial charge in [-0.1, -0.05) is 12.1 Å². The largest absolute Gasteiger partial charge is 0.480 e. The average molecular weight is 234 g/mol. The number of carboxylic acids is 1. The Bertz CT molecular complexity index is 485. The number of carbonyl (C=O) groups is 2. The molecule has 5 nitrogen and oxygen atoms in total. The smallest absolute Gasteiger partial charge is 0.325 e. The lowest BCUT2D eigenvalue weighted by Crippen LogP contribution is -2.25. The summed E-state index contributed by atoms with van der Waals surface area (Å²) >= 11 is 0. The van der Waals surface area contributed by atoms with E-state index in [9.17, 15) is 9.59 Å². The first-order valence-corrected chi connectivity index (χ1v) is 5.40. The van der Waals surface area contributed by atoms with Crippen molar-refractivity contribution in [2.75, 3.05) is 11.4 Å². The molecule has 0 aromatic heterocycles. The van der Waals surface area contributed by atoms with E-state index in [2.05, 4.69) is 0 Å². The summed E-state index contributed by atoms with van der Waals surface area (Å²) in [5.41, 5.74) is 7.96. The summed E-state index contributed by atoms with van der Waals surface area (Å²) < 4.78 is 0. The lowest BCUT2D eigenvalue weighted by molar-refractivity contribution is -0.138. The Morgan fingerprint density at radius 2 is 2.18 bits per heavy atom. The van der Waals surface area contributed by atoms with Crippen molar-refractivity contribution >= 4 is 17.6 Å². The highest BCUT2D eigenvalue weighted by atomic mass is 16.4. The number of nitrogens with two attached hydrogens (primary N) is 1. The molecule has 3 N–H and O–H groups in total. The van der Waals surface area contributed by atoms with Crippen LogP contribution < -0.4 is 10.6 Å². The van der Waals surface area contributed by atoms with Gasteiger partial charge in [0.25, 0.3) is 0 Å². The van der Waals surface area contributed by atoms with Crippen molar-refractivity contribution in [3.8, 4) is 0 Å². The normalized spacial score (nSPS) is 15.5. The van der Waals surface area contributed by atoms with Crippen LogP contribution in [0.3, 0.4) is 0 Å². The number of hydrogen-bond donors (Lipinski definition) is 2. The molecular weight excluding hydrogens is 220 g/mol. The fourth-order valence-electron chi connectivity index (χ4n) is 2.08. The molecule has 1 unspecified atom stereocenters. The van der Waals surface area contributed by atoms with Crippen LogP contribution in [0.25, 0.3) is 0 Å². The maximum Gasteiger partial charge on any atom is 0.325 e. The SMILES string of the molecule is CC(=O)N1CCc2cc(C(N)C(=O)O)ccc21. The lowest BCUT2D eigenvalue weighted by Gasteiger charge is -2.15. The number of hydrogen-bond acceptors (Lipinski definition) is 3. The molecule has 1 heterocycles. The Morgan fingerprint density at radius 1 is 1.47 bits per heavy atom. The van der Waals surface area contributed by atoms with Gasteiger partial charge < -0.3 is 15.7 Å². The molecular formula is C12H14N2O3. The van der Waals surface area contributed by atoms with E-state index < -0.39 is 12.0 Å². The highest BCUT2D eigenvalue weighted by molar-refractivity contribution is 5.93. The van der Waals surface area contributed by atoms with E-state index in [1.807, 2.05) is 0 Å². The predicted molar refractivity (Wildman–Crippen MR) is 62.7 cm³/mol. The number of carboxylic acid groups (broad SMARTS) is 1. The van der Waals surface area contributed by atoms with Crippen LogP contribution in [0.2, 0.25) is 0 Å². The minimum Gasteiger partial charge on any atom is -0.480 e. The summed E-state index contributed by atoms with van der Waals surface area (Å²) in [6, 6.07) is 4.20. The zero-order valence-electron chi connectivity index (χ0n) is 9.51. The van der Waals surface area contributed by atoms with Crippen LogP contribution in [0.1, 0.15) is 24.1 Å². The van der Waals surface area contributed by atoms with E-state index >= 15 is 0 Å². The summed E-state index contributed by atoms with van der Waals surface area (Å²) in [6.07, 6.45) is 0.745. The quantitative estimate of drug-likeness (QED) is 0.788. The van der Waals surface area contributed by atoms with Gasteiger partial charge >= 0.3 is 5.97 Å². The molecule has 1 aliphatic heterocycles. The molecule has 0 fully saturated rings. The minimum absolute atomic E-state index is 0.000895. The number of rotatable bonds is 2. The van der Waals surface area contributed by atoms with Gasteiger partial charge in [0.05, 0.1) is 0 Å². The molecule has 1 atom stereocenters. The first-order chi connectivity index (χ1) is 8.00. The number of amides is 1. The van der Waals surface area contributed by atoms with Crippen molar-refractivity contribution in [1.82, 2.24) is 0 Å². The molecule has 90 valence electrons. The number of aliphatic carboxylic acids is 1.